The van der Waals surface area contributed by atoms with Gasteiger partial charge in [-0.1, -0.05) is 71.8 Å². The van der Waals surface area contributed by atoms with E-state index >= 15 is 0 Å². The molecule has 0 unspecified atom stereocenters. The minimum Gasteiger partial charge on any atom is -0.201 e. The molecule has 0 aliphatic carbocycles. The van der Waals surface area contributed by atoms with Gasteiger partial charge in [-0.2, -0.15) is 0 Å². The first-order chi connectivity index (χ1) is 14.6. The molecule has 148 valence electrons. The van der Waals surface area contributed by atoms with Gasteiger partial charge in [-0.25, -0.2) is 9.13 Å². The Morgan fingerprint density at radius 2 is 0.833 bits per heavy atom. The monoisotopic (exact) mass is 392 g/mol. The molecule has 2 heteroatoms. The van der Waals surface area contributed by atoms with Crippen molar-refractivity contribution in [3.63, 3.8) is 0 Å². The molecule has 0 bridgehead atoms. The first kappa shape index (κ1) is 19.8. The second-order valence-electron chi connectivity index (χ2n) is 7.91. The average Bonchev–Trinajstić information content (AvgIpc) is 2.77. The second kappa shape index (κ2) is 9.32. The minimum atomic E-state index is 0.893. The van der Waals surface area contributed by atoms with E-state index in [2.05, 4.69) is 133 Å². The van der Waals surface area contributed by atoms with Crippen LogP contribution in [0.5, 0.6) is 0 Å². The molecule has 2 nitrogen and oxygen atoms in total. The molecule has 0 fully saturated rings. The molecule has 0 spiro atoms. The van der Waals surface area contributed by atoms with E-state index in [9.17, 15) is 0 Å². The maximum atomic E-state index is 2.21. The molecule has 0 saturated carbocycles. The van der Waals surface area contributed by atoms with Crippen LogP contribution >= 0.6 is 0 Å². The largest absolute Gasteiger partial charge is 0.201 e. The molecule has 4 aromatic rings. The second-order valence-corrected chi connectivity index (χ2v) is 7.91. The highest BCUT2D eigenvalue weighted by Gasteiger charge is 2.03. The molecular weight excluding hydrogens is 364 g/mol. The average molecular weight is 393 g/mol. The van der Waals surface area contributed by atoms with Gasteiger partial charge in [0.2, 0.25) is 0 Å². The zero-order chi connectivity index (χ0) is 20.8. The number of hydrogen-bond acceptors (Lipinski definition) is 0. The predicted molar refractivity (Wildman–Crippen MR) is 123 cm³/mol. The highest BCUT2D eigenvalue weighted by Crippen LogP contribution is 2.07. The van der Waals surface area contributed by atoms with E-state index in [1.54, 1.807) is 0 Å². The lowest BCUT2D eigenvalue weighted by atomic mass is 10.1. The summed E-state index contributed by atoms with van der Waals surface area (Å²) in [6.45, 7) is 6.02. The minimum absolute atomic E-state index is 0.893. The number of nitrogens with zero attached hydrogens (tertiary/aromatic N) is 2. The van der Waals surface area contributed by atoms with Gasteiger partial charge in [0.15, 0.2) is 37.9 Å². The van der Waals surface area contributed by atoms with Gasteiger partial charge in [0.1, 0.15) is 0 Å². The fourth-order valence-electron chi connectivity index (χ4n) is 3.37. The Morgan fingerprint density at radius 1 is 0.500 bits per heavy atom. The molecule has 2 aromatic carbocycles. The Morgan fingerprint density at radius 3 is 1.17 bits per heavy atom. The molecule has 0 amide bonds. The lowest BCUT2D eigenvalue weighted by molar-refractivity contribution is -0.688. The summed E-state index contributed by atoms with van der Waals surface area (Å²) >= 11 is 0. The Bertz CT molecular complexity index is 1010. The van der Waals surface area contributed by atoms with Crippen LogP contribution in [0.15, 0.2) is 97.6 Å². The van der Waals surface area contributed by atoms with Crippen molar-refractivity contribution >= 4 is 12.2 Å². The van der Waals surface area contributed by atoms with Crippen molar-refractivity contribution in [1.82, 2.24) is 0 Å². The van der Waals surface area contributed by atoms with E-state index in [1.807, 2.05) is 0 Å². The van der Waals surface area contributed by atoms with Crippen LogP contribution < -0.4 is 9.13 Å². The van der Waals surface area contributed by atoms with Gasteiger partial charge < -0.3 is 0 Å². The fourth-order valence-corrected chi connectivity index (χ4v) is 3.37. The third-order valence-corrected chi connectivity index (χ3v) is 5.27. The van der Waals surface area contributed by atoms with Gasteiger partial charge in [0.25, 0.3) is 0 Å². The molecule has 0 atom stereocenters. The van der Waals surface area contributed by atoms with Crippen molar-refractivity contribution in [3.05, 3.63) is 131 Å². The third-order valence-electron chi connectivity index (χ3n) is 5.27. The standard InChI is InChI=1S/C28H28N2/c1-23-3-7-27(8-4-23)21-29-17-13-25(14-18-29)11-12-26-15-19-30(20-16-26)22-28-9-5-24(2)6-10-28/h3-20H,21-22H2,1-2H3/q+2/b12-11+. The summed E-state index contributed by atoms with van der Waals surface area (Å²) in [5.74, 6) is 0. The number of pyridine rings is 2. The van der Waals surface area contributed by atoms with Crippen molar-refractivity contribution < 1.29 is 9.13 Å². The maximum absolute atomic E-state index is 2.21. The molecule has 0 aliphatic rings. The number of aromatic nitrogens is 2. The number of aryl methyl sites for hydroxylation is 2. The van der Waals surface area contributed by atoms with Gasteiger partial charge in [-0.3, -0.25) is 0 Å². The molecule has 2 aromatic heterocycles. The Hall–Kier alpha value is -3.52. The van der Waals surface area contributed by atoms with E-state index < -0.39 is 0 Å². The van der Waals surface area contributed by atoms with Crippen LogP contribution in [0.1, 0.15) is 33.4 Å². The topological polar surface area (TPSA) is 7.76 Å². The zero-order valence-corrected chi connectivity index (χ0v) is 17.7. The van der Waals surface area contributed by atoms with E-state index in [-0.39, 0.29) is 0 Å². The molecule has 30 heavy (non-hydrogen) atoms. The summed E-state index contributed by atoms with van der Waals surface area (Å²) in [4.78, 5) is 0. The summed E-state index contributed by atoms with van der Waals surface area (Å²) in [6, 6.07) is 26.1. The summed E-state index contributed by atoms with van der Waals surface area (Å²) in [5.41, 5.74) is 7.63. The highest BCUT2D eigenvalue weighted by molar-refractivity contribution is 5.68. The smallest absolute Gasteiger partial charge is 0.173 e. The Balaban J connectivity index is 1.36. The molecular formula is C28H28N2+2. The normalized spacial score (nSPS) is 11.1. The van der Waals surface area contributed by atoms with Crippen molar-refractivity contribution in [3.8, 4) is 0 Å². The van der Waals surface area contributed by atoms with Gasteiger partial charge >= 0.3 is 0 Å². The van der Waals surface area contributed by atoms with Gasteiger partial charge in [0.05, 0.1) is 0 Å². The summed E-state index contributed by atoms with van der Waals surface area (Å²) in [6.07, 6.45) is 12.9. The van der Waals surface area contributed by atoms with Gasteiger partial charge in [0, 0.05) is 35.4 Å². The van der Waals surface area contributed by atoms with Crippen LogP contribution in [-0.2, 0) is 13.1 Å². The third kappa shape index (κ3) is 5.51. The lowest BCUT2D eigenvalue weighted by Crippen LogP contribution is -2.33. The lowest BCUT2D eigenvalue weighted by Gasteiger charge is -2.00. The van der Waals surface area contributed by atoms with Crippen molar-refractivity contribution in [2.24, 2.45) is 0 Å². The van der Waals surface area contributed by atoms with E-state index in [4.69, 9.17) is 0 Å². The van der Waals surface area contributed by atoms with Crippen LogP contribution in [0.3, 0.4) is 0 Å². The predicted octanol–water partition coefficient (Wildman–Crippen LogP) is 5.15. The molecule has 0 radical (unpaired) electrons. The number of benzene rings is 2. The SMILES string of the molecule is Cc1ccc(C[n+]2ccc(/C=C/c3cc[n+](Cc4ccc(C)cc4)cc3)cc2)cc1. The molecule has 4 rings (SSSR count). The van der Waals surface area contributed by atoms with E-state index in [0.29, 0.717) is 0 Å². The maximum Gasteiger partial charge on any atom is 0.173 e. The van der Waals surface area contributed by atoms with Gasteiger partial charge in [-0.05, 0) is 25.0 Å². The van der Waals surface area contributed by atoms with E-state index in [0.717, 1.165) is 13.1 Å². The summed E-state index contributed by atoms with van der Waals surface area (Å²) in [5, 5.41) is 0. The molecule has 2 heterocycles. The number of rotatable bonds is 6. The van der Waals surface area contributed by atoms with Crippen LogP contribution in [0, 0.1) is 13.8 Å². The quantitative estimate of drug-likeness (QED) is 0.401. The zero-order valence-electron chi connectivity index (χ0n) is 17.7. The first-order valence-corrected chi connectivity index (χ1v) is 10.4. The Labute approximate surface area is 179 Å². The van der Waals surface area contributed by atoms with Crippen molar-refractivity contribution in [2.45, 2.75) is 26.9 Å². The fraction of sp³-hybridized carbons (Fsp3) is 0.143. The van der Waals surface area contributed by atoms with Gasteiger partial charge in [-0.15, -0.1) is 0 Å². The van der Waals surface area contributed by atoms with Crippen LogP contribution in [-0.4, -0.2) is 0 Å². The Kier molecular flexibility index (Phi) is 6.14. The van der Waals surface area contributed by atoms with E-state index in [1.165, 1.54) is 33.4 Å². The summed E-state index contributed by atoms with van der Waals surface area (Å²) in [7, 11) is 0. The number of hydrogen-bond donors (Lipinski definition) is 0. The van der Waals surface area contributed by atoms with Crippen molar-refractivity contribution in [1.29, 1.82) is 0 Å². The van der Waals surface area contributed by atoms with Crippen molar-refractivity contribution in [2.75, 3.05) is 0 Å². The van der Waals surface area contributed by atoms with Crippen LogP contribution in [0.4, 0.5) is 0 Å². The van der Waals surface area contributed by atoms with Crippen LogP contribution in [0.2, 0.25) is 0 Å². The molecule has 0 aliphatic heterocycles. The molecule has 0 N–H and O–H groups in total. The first-order valence-electron chi connectivity index (χ1n) is 10.4. The summed E-state index contributed by atoms with van der Waals surface area (Å²) < 4.78 is 4.41. The van der Waals surface area contributed by atoms with Crippen LogP contribution in [0.25, 0.3) is 12.2 Å². The highest BCUT2D eigenvalue weighted by atomic mass is 14.9. The molecule has 0 saturated heterocycles.